The molecule has 2 N–H and O–H groups in total. The molecule has 1 fully saturated rings. The standard InChI is InChI=1S/C17H25NO3/c1-3-17(2,10-11-19)18-16(20)14-6-8-15(9-7-14)21-12-13-4-5-13/h6-9,13,19H,3-5,10-12H2,1-2H3,(H,18,20). The molecule has 0 aliphatic heterocycles. The lowest BCUT2D eigenvalue weighted by atomic mass is 9.94. The fourth-order valence-corrected chi connectivity index (χ4v) is 2.12. The Morgan fingerprint density at radius 2 is 2.05 bits per heavy atom. The van der Waals surface area contributed by atoms with Gasteiger partial charge in [0.15, 0.2) is 0 Å². The van der Waals surface area contributed by atoms with Gasteiger partial charge in [-0.25, -0.2) is 0 Å². The van der Waals surface area contributed by atoms with Crippen LogP contribution >= 0.6 is 0 Å². The van der Waals surface area contributed by atoms with Crippen LogP contribution in [0, 0.1) is 5.92 Å². The number of carbonyl (C=O) groups excluding carboxylic acids is 1. The number of nitrogens with one attached hydrogen (secondary N) is 1. The molecule has 0 spiro atoms. The van der Waals surface area contributed by atoms with Crippen LogP contribution in [-0.4, -0.2) is 29.8 Å². The first kappa shape index (κ1) is 15.8. The zero-order chi connectivity index (χ0) is 15.3. The van der Waals surface area contributed by atoms with Crippen molar-refractivity contribution in [3.8, 4) is 5.75 Å². The Balaban J connectivity index is 1.91. The van der Waals surface area contributed by atoms with Gasteiger partial charge in [0.2, 0.25) is 0 Å². The van der Waals surface area contributed by atoms with Crippen molar-refractivity contribution >= 4 is 5.91 Å². The number of aliphatic hydroxyl groups excluding tert-OH is 1. The van der Waals surface area contributed by atoms with Gasteiger partial charge in [0.25, 0.3) is 5.91 Å². The highest BCUT2D eigenvalue weighted by atomic mass is 16.5. The topological polar surface area (TPSA) is 58.6 Å². The number of hydrogen-bond donors (Lipinski definition) is 2. The van der Waals surface area contributed by atoms with Crippen LogP contribution in [-0.2, 0) is 0 Å². The summed E-state index contributed by atoms with van der Waals surface area (Å²) in [4.78, 5) is 12.2. The summed E-state index contributed by atoms with van der Waals surface area (Å²) in [6.45, 7) is 4.80. The summed E-state index contributed by atoms with van der Waals surface area (Å²) >= 11 is 0. The molecule has 1 aliphatic carbocycles. The molecule has 0 heterocycles. The van der Waals surface area contributed by atoms with Crippen LogP contribution < -0.4 is 10.1 Å². The van der Waals surface area contributed by atoms with E-state index in [1.54, 1.807) is 12.1 Å². The van der Waals surface area contributed by atoms with Gasteiger partial charge in [-0.15, -0.1) is 0 Å². The second-order valence-corrected chi connectivity index (χ2v) is 6.12. The number of rotatable bonds is 8. The molecule has 4 nitrogen and oxygen atoms in total. The van der Waals surface area contributed by atoms with E-state index in [4.69, 9.17) is 9.84 Å². The molecule has 1 atom stereocenters. The Kier molecular flexibility index (Phi) is 5.23. The van der Waals surface area contributed by atoms with Gasteiger partial charge in [0.05, 0.1) is 6.61 Å². The van der Waals surface area contributed by atoms with E-state index in [9.17, 15) is 4.79 Å². The highest BCUT2D eigenvalue weighted by molar-refractivity contribution is 5.94. The van der Waals surface area contributed by atoms with Crippen LogP contribution in [0.15, 0.2) is 24.3 Å². The van der Waals surface area contributed by atoms with Gasteiger partial charge in [-0.3, -0.25) is 4.79 Å². The van der Waals surface area contributed by atoms with E-state index in [-0.39, 0.29) is 18.1 Å². The Labute approximate surface area is 126 Å². The number of aliphatic hydroxyl groups is 1. The minimum Gasteiger partial charge on any atom is -0.493 e. The minimum absolute atomic E-state index is 0.0680. The van der Waals surface area contributed by atoms with Crippen molar-refractivity contribution in [3.05, 3.63) is 29.8 Å². The fraction of sp³-hybridized carbons (Fsp3) is 0.588. The normalized spacial score (nSPS) is 17.1. The van der Waals surface area contributed by atoms with Crippen LogP contribution in [0.5, 0.6) is 5.75 Å². The zero-order valence-electron chi connectivity index (χ0n) is 12.9. The van der Waals surface area contributed by atoms with Crippen LogP contribution in [0.1, 0.15) is 49.9 Å². The highest BCUT2D eigenvalue weighted by Gasteiger charge is 2.24. The summed E-state index contributed by atoms with van der Waals surface area (Å²) in [5.74, 6) is 1.42. The van der Waals surface area contributed by atoms with Crippen molar-refractivity contribution in [2.45, 2.75) is 45.1 Å². The van der Waals surface area contributed by atoms with Gasteiger partial charge in [0, 0.05) is 17.7 Å². The third-order valence-electron chi connectivity index (χ3n) is 4.16. The summed E-state index contributed by atoms with van der Waals surface area (Å²) in [7, 11) is 0. The van der Waals surface area contributed by atoms with Gasteiger partial charge >= 0.3 is 0 Å². The highest BCUT2D eigenvalue weighted by Crippen LogP contribution is 2.29. The largest absolute Gasteiger partial charge is 0.493 e. The van der Waals surface area contributed by atoms with Crippen molar-refractivity contribution in [2.24, 2.45) is 5.92 Å². The van der Waals surface area contributed by atoms with Gasteiger partial charge in [0.1, 0.15) is 5.75 Å². The first-order valence-corrected chi connectivity index (χ1v) is 7.72. The quantitative estimate of drug-likeness (QED) is 0.774. The minimum atomic E-state index is -0.368. The molecule has 1 aromatic rings. The average Bonchev–Trinajstić information content (AvgIpc) is 3.30. The summed E-state index contributed by atoms with van der Waals surface area (Å²) < 4.78 is 5.66. The van der Waals surface area contributed by atoms with Gasteiger partial charge in [-0.1, -0.05) is 6.92 Å². The molecule has 0 aromatic heterocycles. The summed E-state index contributed by atoms with van der Waals surface area (Å²) in [5.41, 5.74) is 0.249. The van der Waals surface area contributed by atoms with Crippen molar-refractivity contribution in [2.75, 3.05) is 13.2 Å². The van der Waals surface area contributed by atoms with Gasteiger partial charge in [-0.05, 0) is 62.8 Å². The maximum Gasteiger partial charge on any atom is 0.251 e. The zero-order valence-corrected chi connectivity index (χ0v) is 12.9. The molecule has 0 radical (unpaired) electrons. The fourth-order valence-electron chi connectivity index (χ4n) is 2.12. The molecule has 1 saturated carbocycles. The molecule has 116 valence electrons. The van der Waals surface area contributed by atoms with Gasteiger partial charge < -0.3 is 15.2 Å². The molecule has 1 amide bonds. The predicted molar refractivity (Wildman–Crippen MR) is 82.5 cm³/mol. The SMILES string of the molecule is CCC(C)(CCO)NC(=O)c1ccc(OCC2CC2)cc1. The van der Waals surface area contributed by atoms with Crippen LogP contribution in [0.3, 0.4) is 0 Å². The average molecular weight is 291 g/mol. The van der Waals surface area contributed by atoms with Crippen molar-refractivity contribution in [1.82, 2.24) is 5.32 Å². The van der Waals surface area contributed by atoms with E-state index >= 15 is 0 Å². The number of amides is 1. The first-order valence-electron chi connectivity index (χ1n) is 7.72. The van der Waals surface area contributed by atoms with E-state index in [0.29, 0.717) is 12.0 Å². The summed E-state index contributed by atoms with van der Waals surface area (Å²) in [6, 6.07) is 7.25. The maximum absolute atomic E-state index is 12.2. The lowest BCUT2D eigenvalue weighted by Crippen LogP contribution is -2.46. The number of ether oxygens (including phenoxy) is 1. The Hall–Kier alpha value is -1.55. The number of benzene rings is 1. The third-order valence-corrected chi connectivity index (χ3v) is 4.16. The summed E-state index contributed by atoms with van der Waals surface area (Å²) in [6.07, 6.45) is 3.86. The third kappa shape index (κ3) is 4.74. The van der Waals surface area contributed by atoms with Crippen LogP contribution in [0.2, 0.25) is 0 Å². The molecular weight excluding hydrogens is 266 g/mol. The second kappa shape index (κ2) is 6.94. The molecule has 4 heteroatoms. The van der Waals surface area contributed by atoms with Crippen molar-refractivity contribution in [1.29, 1.82) is 0 Å². The molecule has 0 bridgehead atoms. The van der Waals surface area contributed by atoms with Crippen molar-refractivity contribution < 1.29 is 14.6 Å². The van der Waals surface area contributed by atoms with E-state index in [1.807, 2.05) is 26.0 Å². The Bertz CT molecular complexity index is 467. The van der Waals surface area contributed by atoms with Crippen LogP contribution in [0.25, 0.3) is 0 Å². The van der Waals surface area contributed by atoms with Crippen molar-refractivity contribution in [3.63, 3.8) is 0 Å². The first-order chi connectivity index (χ1) is 10.1. The molecule has 0 saturated heterocycles. The van der Waals surface area contributed by atoms with E-state index < -0.39 is 0 Å². The van der Waals surface area contributed by atoms with E-state index in [1.165, 1.54) is 12.8 Å². The van der Waals surface area contributed by atoms with Crippen LogP contribution in [0.4, 0.5) is 0 Å². The summed E-state index contributed by atoms with van der Waals surface area (Å²) in [5, 5.41) is 12.1. The molecule has 1 aliphatic rings. The maximum atomic E-state index is 12.2. The van der Waals surface area contributed by atoms with Gasteiger partial charge in [-0.2, -0.15) is 0 Å². The van der Waals surface area contributed by atoms with E-state index in [2.05, 4.69) is 5.32 Å². The lowest BCUT2D eigenvalue weighted by Gasteiger charge is -2.29. The van der Waals surface area contributed by atoms with E-state index in [0.717, 1.165) is 24.7 Å². The number of carbonyl (C=O) groups is 1. The molecular formula is C17H25NO3. The monoisotopic (exact) mass is 291 g/mol. The molecule has 21 heavy (non-hydrogen) atoms. The Morgan fingerprint density at radius 3 is 2.57 bits per heavy atom. The second-order valence-electron chi connectivity index (χ2n) is 6.12. The molecule has 2 rings (SSSR count). The number of hydrogen-bond acceptors (Lipinski definition) is 3. The lowest BCUT2D eigenvalue weighted by molar-refractivity contribution is 0.0886. The predicted octanol–water partition coefficient (Wildman–Crippen LogP) is 2.76. The molecule has 1 aromatic carbocycles. The molecule has 1 unspecified atom stereocenters. The Morgan fingerprint density at radius 1 is 1.38 bits per heavy atom. The smallest absolute Gasteiger partial charge is 0.251 e.